The Balaban J connectivity index is 1.46. The van der Waals surface area contributed by atoms with Crippen molar-refractivity contribution in [1.29, 1.82) is 0 Å². The molecule has 0 saturated carbocycles. The van der Waals surface area contributed by atoms with E-state index in [1.165, 1.54) is 24.4 Å². The number of piperazine rings is 1. The highest BCUT2D eigenvalue weighted by Crippen LogP contribution is 2.36. The topological polar surface area (TPSA) is 91.5 Å². The number of primary amides is 1. The van der Waals surface area contributed by atoms with E-state index < -0.39 is 29.5 Å². The van der Waals surface area contributed by atoms with E-state index in [1.807, 2.05) is 4.90 Å². The smallest absolute Gasteiger partial charge is 0.368 e. The van der Waals surface area contributed by atoms with Crippen LogP contribution in [0.15, 0.2) is 42.6 Å². The van der Waals surface area contributed by atoms with E-state index in [9.17, 15) is 22.4 Å². The number of nitrogens with two attached hydrogens (primary N) is 1. The molecule has 200 valence electrons. The van der Waals surface area contributed by atoms with Gasteiger partial charge in [-0.05, 0) is 43.2 Å². The van der Waals surface area contributed by atoms with Crippen LogP contribution in [-0.4, -0.2) is 59.6 Å². The number of hydrogen-bond donors (Lipinski definition) is 1. The standard InChI is InChI=1S/C25H24ClF4N7O/c26-17-13-15(5-6-18(17)27)19-14-21(34-24(33-19)37-8-2-4-20(37)22(31)38)35-9-11-36(12-10-35)23-16(25(28,29)30)3-1-7-32-23/h1,3,5-7,13-14,20H,2,4,8-12H2,(H2,31,38)/t20-/m0/s1. The van der Waals surface area contributed by atoms with Crippen LogP contribution in [0, 0.1) is 5.82 Å². The van der Waals surface area contributed by atoms with Crippen LogP contribution in [0.1, 0.15) is 18.4 Å². The van der Waals surface area contributed by atoms with Crippen molar-refractivity contribution < 1.29 is 22.4 Å². The molecule has 4 heterocycles. The number of pyridine rings is 1. The number of anilines is 3. The van der Waals surface area contributed by atoms with Crippen LogP contribution in [0.25, 0.3) is 11.3 Å². The van der Waals surface area contributed by atoms with Gasteiger partial charge in [-0.3, -0.25) is 4.79 Å². The van der Waals surface area contributed by atoms with Crippen molar-refractivity contribution in [3.8, 4) is 11.3 Å². The molecule has 2 N–H and O–H groups in total. The minimum Gasteiger partial charge on any atom is -0.368 e. The summed E-state index contributed by atoms with van der Waals surface area (Å²) in [5.74, 6) is -0.330. The van der Waals surface area contributed by atoms with Crippen LogP contribution < -0.4 is 20.4 Å². The maximum Gasteiger partial charge on any atom is 0.419 e. The van der Waals surface area contributed by atoms with Crippen LogP contribution in [0.2, 0.25) is 5.02 Å². The molecular weight excluding hydrogens is 526 g/mol. The van der Waals surface area contributed by atoms with Gasteiger partial charge in [0.15, 0.2) is 0 Å². The molecule has 3 aromatic rings. The first-order valence-corrected chi connectivity index (χ1v) is 12.4. The number of amides is 1. The van der Waals surface area contributed by atoms with Crippen molar-refractivity contribution in [3.63, 3.8) is 0 Å². The molecule has 1 atom stereocenters. The van der Waals surface area contributed by atoms with Gasteiger partial charge in [-0.25, -0.2) is 14.4 Å². The minimum atomic E-state index is -4.51. The van der Waals surface area contributed by atoms with Crippen molar-refractivity contribution in [2.75, 3.05) is 47.4 Å². The number of alkyl halides is 3. The van der Waals surface area contributed by atoms with Gasteiger partial charge in [-0.15, -0.1) is 0 Å². The summed E-state index contributed by atoms with van der Waals surface area (Å²) in [4.78, 5) is 30.7. The Morgan fingerprint density at radius 3 is 2.45 bits per heavy atom. The van der Waals surface area contributed by atoms with Gasteiger partial charge in [0.25, 0.3) is 0 Å². The second-order valence-corrected chi connectivity index (χ2v) is 9.55. The molecule has 5 rings (SSSR count). The predicted octanol–water partition coefficient (Wildman–Crippen LogP) is 4.13. The van der Waals surface area contributed by atoms with E-state index in [2.05, 4.69) is 9.97 Å². The lowest BCUT2D eigenvalue weighted by molar-refractivity contribution is -0.137. The Morgan fingerprint density at radius 2 is 1.76 bits per heavy atom. The Labute approximate surface area is 221 Å². The van der Waals surface area contributed by atoms with E-state index in [0.29, 0.717) is 49.1 Å². The Morgan fingerprint density at radius 1 is 1.03 bits per heavy atom. The number of benzene rings is 1. The van der Waals surface area contributed by atoms with E-state index >= 15 is 0 Å². The molecule has 1 aromatic carbocycles. The molecule has 0 spiro atoms. The third-order valence-corrected chi connectivity index (χ3v) is 7.04. The number of rotatable bonds is 5. The molecule has 2 aromatic heterocycles. The highest BCUT2D eigenvalue weighted by Gasteiger charge is 2.37. The zero-order valence-electron chi connectivity index (χ0n) is 20.1. The first-order chi connectivity index (χ1) is 18.1. The van der Waals surface area contributed by atoms with Gasteiger partial charge in [0.1, 0.15) is 23.5 Å². The normalized spacial score (nSPS) is 18.2. The molecule has 0 unspecified atom stereocenters. The summed E-state index contributed by atoms with van der Waals surface area (Å²) in [5, 5.41) is -0.0650. The first kappa shape index (κ1) is 26.0. The van der Waals surface area contributed by atoms with Crippen molar-refractivity contribution in [3.05, 3.63) is 59.0 Å². The average Bonchev–Trinajstić information content (AvgIpc) is 3.40. The molecule has 0 radical (unpaired) electrons. The van der Waals surface area contributed by atoms with Gasteiger partial charge in [0.05, 0.1) is 16.3 Å². The molecule has 2 fully saturated rings. The summed E-state index contributed by atoms with van der Waals surface area (Å²) in [6.45, 7) is 1.84. The summed E-state index contributed by atoms with van der Waals surface area (Å²) < 4.78 is 54.4. The lowest BCUT2D eigenvalue weighted by Gasteiger charge is -2.37. The summed E-state index contributed by atoms with van der Waals surface area (Å²) in [6.07, 6.45) is -1.85. The minimum absolute atomic E-state index is 0.0650. The van der Waals surface area contributed by atoms with Crippen LogP contribution >= 0.6 is 11.6 Å². The van der Waals surface area contributed by atoms with Crippen molar-refractivity contribution >= 4 is 35.1 Å². The number of nitrogens with zero attached hydrogens (tertiary/aromatic N) is 6. The second kappa shape index (κ2) is 10.2. The molecule has 38 heavy (non-hydrogen) atoms. The van der Waals surface area contributed by atoms with Gasteiger partial charge in [0.2, 0.25) is 11.9 Å². The molecule has 1 amide bonds. The summed E-state index contributed by atoms with van der Waals surface area (Å²) in [6, 6.07) is 7.70. The highest BCUT2D eigenvalue weighted by molar-refractivity contribution is 6.31. The van der Waals surface area contributed by atoms with E-state index in [4.69, 9.17) is 22.3 Å². The molecule has 2 saturated heterocycles. The summed E-state index contributed by atoms with van der Waals surface area (Å²) >= 11 is 6.01. The fraction of sp³-hybridized carbons (Fsp3) is 0.360. The number of hydrogen-bond acceptors (Lipinski definition) is 7. The van der Waals surface area contributed by atoms with Gasteiger partial charge in [-0.2, -0.15) is 18.2 Å². The molecular formula is C25H24ClF4N7O. The fourth-order valence-corrected chi connectivity index (χ4v) is 5.02. The third kappa shape index (κ3) is 5.17. The number of halogens is 5. The van der Waals surface area contributed by atoms with Crippen LogP contribution in [-0.2, 0) is 11.0 Å². The predicted molar refractivity (Wildman–Crippen MR) is 136 cm³/mol. The summed E-state index contributed by atoms with van der Waals surface area (Å²) in [7, 11) is 0. The zero-order chi connectivity index (χ0) is 27.0. The van der Waals surface area contributed by atoms with Gasteiger partial charge < -0.3 is 20.4 Å². The molecule has 0 bridgehead atoms. The summed E-state index contributed by atoms with van der Waals surface area (Å²) in [5.41, 5.74) is 5.85. The van der Waals surface area contributed by atoms with Crippen molar-refractivity contribution in [1.82, 2.24) is 15.0 Å². The first-order valence-electron chi connectivity index (χ1n) is 12.0. The number of carbonyl (C=O) groups is 1. The van der Waals surface area contributed by atoms with Gasteiger partial charge in [-0.1, -0.05) is 11.6 Å². The van der Waals surface area contributed by atoms with Gasteiger partial charge in [0, 0.05) is 50.6 Å². The molecule has 8 nitrogen and oxygen atoms in total. The van der Waals surface area contributed by atoms with E-state index in [-0.39, 0.29) is 23.9 Å². The van der Waals surface area contributed by atoms with E-state index in [1.54, 1.807) is 21.9 Å². The van der Waals surface area contributed by atoms with Crippen molar-refractivity contribution in [2.45, 2.75) is 25.1 Å². The van der Waals surface area contributed by atoms with Crippen LogP contribution in [0.5, 0.6) is 0 Å². The van der Waals surface area contributed by atoms with Crippen LogP contribution in [0.4, 0.5) is 35.1 Å². The van der Waals surface area contributed by atoms with Gasteiger partial charge >= 0.3 is 6.18 Å². The monoisotopic (exact) mass is 549 g/mol. The third-order valence-electron chi connectivity index (χ3n) is 6.75. The molecule has 2 aliphatic heterocycles. The largest absolute Gasteiger partial charge is 0.419 e. The lowest BCUT2D eigenvalue weighted by Crippen LogP contribution is -2.48. The number of aromatic nitrogens is 3. The second-order valence-electron chi connectivity index (χ2n) is 9.14. The maximum absolute atomic E-state index is 13.8. The van der Waals surface area contributed by atoms with Crippen LogP contribution in [0.3, 0.4) is 0 Å². The Hall–Kier alpha value is -3.67. The number of carbonyl (C=O) groups excluding carboxylic acids is 1. The van der Waals surface area contributed by atoms with E-state index in [0.717, 1.165) is 12.5 Å². The highest BCUT2D eigenvalue weighted by atomic mass is 35.5. The van der Waals surface area contributed by atoms with Crippen molar-refractivity contribution in [2.24, 2.45) is 5.73 Å². The fourth-order valence-electron chi connectivity index (χ4n) is 4.84. The maximum atomic E-state index is 13.8. The lowest BCUT2D eigenvalue weighted by atomic mass is 10.1. The Bertz CT molecular complexity index is 1350. The molecule has 13 heteroatoms. The SMILES string of the molecule is NC(=O)[C@@H]1CCCN1c1nc(-c2ccc(F)c(Cl)c2)cc(N2CCN(c3ncccc3C(F)(F)F)CC2)n1. The zero-order valence-corrected chi connectivity index (χ0v) is 20.9. The molecule has 0 aliphatic carbocycles. The molecule has 2 aliphatic rings. The Kier molecular flexibility index (Phi) is 6.99. The average molecular weight is 550 g/mol. The quantitative estimate of drug-likeness (QED) is 0.479.